The summed E-state index contributed by atoms with van der Waals surface area (Å²) in [6.07, 6.45) is -1.15. The number of hydrogen-bond acceptors (Lipinski definition) is 8. The number of methoxy groups -OCH3 is 3. The first kappa shape index (κ1) is 28.1. The van der Waals surface area contributed by atoms with Crippen LogP contribution in [-0.4, -0.2) is 94.6 Å². The Bertz CT molecular complexity index is 529. The molecule has 0 radical (unpaired) electrons. The molecule has 1 unspecified atom stereocenters. The number of carboxylic acids is 1. The first-order valence-corrected chi connectivity index (χ1v) is 9.58. The minimum Gasteiger partial charge on any atom is -0.481 e. The molecule has 11 heteroatoms. The van der Waals surface area contributed by atoms with E-state index in [1.54, 1.807) is 35.0 Å². The summed E-state index contributed by atoms with van der Waals surface area (Å²) >= 11 is 0. The summed E-state index contributed by atoms with van der Waals surface area (Å²) in [5, 5.41) is 13.9. The average molecular weight is 437 g/mol. The predicted molar refractivity (Wildman–Crippen MR) is 107 cm³/mol. The average Bonchev–Trinajstić information content (AvgIpc) is 2.63. The molecule has 1 atom stereocenters. The Kier molecular flexibility index (Phi) is 13.2. The summed E-state index contributed by atoms with van der Waals surface area (Å²) in [5.41, 5.74) is -1.51. The van der Waals surface area contributed by atoms with Crippen molar-refractivity contribution in [3.05, 3.63) is 0 Å². The van der Waals surface area contributed by atoms with Crippen molar-refractivity contribution in [1.82, 2.24) is 10.6 Å². The van der Waals surface area contributed by atoms with Crippen molar-refractivity contribution >= 4 is 18.0 Å². The van der Waals surface area contributed by atoms with Crippen LogP contribution in [0.4, 0.5) is 4.79 Å². The third-order valence-corrected chi connectivity index (χ3v) is 3.81. The van der Waals surface area contributed by atoms with Gasteiger partial charge in [-0.05, 0) is 27.2 Å². The molecule has 30 heavy (non-hydrogen) atoms. The normalized spacial score (nSPS) is 12.9. The number of carboxylic acid groups (broad SMARTS) is 1. The zero-order valence-corrected chi connectivity index (χ0v) is 18.7. The lowest BCUT2D eigenvalue weighted by atomic mass is 10.1. The number of aliphatic carboxylic acids is 1. The lowest BCUT2D eigenvalue weighted by Crippen LogP contribution is -2.49. The molecule has 0 aromatic rings. The third kappa shape index (κ3) is 12.6. The van der Waals surface area contributed by atoms with Gasteiger partial charge < -0.3 is 39.4 Å². The number of carbonyl (C=O) groups excluding carboxylic acids is 2. The number of carbonyl (C=O) groups is 3. The van der Waals surface area contributed by atoms with Crippen molar-refractivity contribution in [2.75, 3.05) is 54.3 Å². The highest BCUT2D eigenvalue weighted by atomic mass is 16.6. The number of ether oxygens (including phenoxy) is 5. The predicted octanol–water partition coefficient (Wildman–Crippen LogP) is 0.555. The van der Waals surface area contributed by atoms with Crippen LogP contribution in [0.15, 0.2) is 0 Å². The highest BCUT2D eigenvalue weighted by Crippen LogP contribution is 2.12. The maximum atomic E-state index is 12.4. The zero-order valence-electron chi connectivity index (χ0n) is 18.7. The topological polar surface area (TPSA) is 142 Å². The van der Waals surface area contributed by atoms with Crippen molar-refractivity contribution in [2.45, 2.75) is 50.9 Å². The molecule has 3 N–H and O–H groups in total. The first-order chi connectivity index (χ1) is 14.0. The van der Waals surface area contributed by atoms with Crippen LogP contribution < -0.4 is 10.6 Å². The van der Waals surface area contributed by atoms with Gasteiger partial charge in [-0.2, -0.15) is 0 Å². The molecule has 0 bridgehead atoms. The molecule has 0 saturated heterocycles. The minimum atomic E-state index is -1.07. The zero-order chi connectivity index (χ0) is 23.2. The number of amides is 2. The molecule has 0 heterocycles. The van der Waals surface area contributed by atoms with E-state index in [9.17, 15) is 14.4 Å². The van der Waals surface area contributed by atoms with Gasteiger partial charge in [0.05, 0.1) is 26.4 Å². The molecule has 0 fully saturated rings. The van der Waals surface area contributed by atoms with Crippen LogP contribution in [0.1, 0.15) is 33.6 Å². The van der Waals surface area contributed by atoms with E-state index in [1.165, 1.54) is 7.11 Å². The summed E-state index contributed by atoms with van der Waals surface area (Å²) in [6, 6.07) is -1.05. The van der Waals surface area contributed by atoms with Gasteiger partial charge in [0.25, 0.3) is 0 Å². The van der Waals surface area contributed by atoms with E-state index in [0.717, 1.165) is 0 Å². The van der Waals surface area contributed by atoms with E-state index in [0.29, 0.717) is 0 Å². The largest absolute Gasteiger partial charge is 0.481 e. The molecule has 0 rings (SSSR count). The lowest BCUT2D eigenvalue weighted by Gasteiger charge is -2.30. The van der Waals surface area contributed by atoms with Gasteiger partial charge in [0.2, 0.25) is 5.91 Å². The van der Waals surface area contributed by atoms with E-state index < -0.39 is 35.2 Å². The summed E-state index contributed by atoms with van der Waals surface area (Å²) in [7, 11) is 4.61. The molecule has 0 aliphatic carbocycles. The Labute approximate surface area is 177 Å². The molecule has 0 spiro atoms. The molecule has 0 aromatic carbocycles. The SMILES string of the molecule is COCC(COC)(COCCNC(=O)C(CCC(=O)O)NC(=O)OC(C)(C)C)OC. The van der Waals surface area contributed by atoms with Gasteiger partial charge in [0.15, 0.2) is 0 Å². The van der Waals surface area contributed by atoms with Crippen molar-refractivity contribution < 1.29 is 43.2 Å². The monoisotopic (exact) mass is 436 g/mol. The van der Waals surface area contributed by atoms with Gasteiger partial charge in [-0.1, -0.05) is 0 Å². The van der Waals surface area contributed by atoms with Crippen LogP contribution in [0.25, 0.3) is 0 Å². The van der Waals surface area contributed by atoms with Crippen LogP contribution >= 0.6 is 0 Å². The highest BCUT2D eigenvalue weighted by Gasteiger charge is 2.31. The number of alkyl carbamates (subject to hydrolysis) is 1. The highest BCUT2D eigenvalue weighted by molar-refractivity contribution is 5.86. The van der Waals surface area contributed by atoms with Crippen molar-refractivity contribution in [3.8, 4) is 0 Å². The summed E-state index contributed by atoms with van der Waals surface area (Å²) in [5.74, 6) is -1.60. The maximum Gasteiger partial charge on any atom is 0.408 e. The van der Waals surface area contributed by atoms with Crippen molar-refractivity contribution in [2.24, 2.45) is 0 Å². The Morgan fingerprint density at radius 3 is 2.07 bits per heavy atom. The lowest BCUT2D eigenvalue weighted by molar-refractivity contribution is -0.140. The summed E-state index contributed by atoms with van der Waals surface area (Å²) < 4.78 is 26.4. The van der Waals surface area contributed by atoms with Gasteiger partial charge in [-0.3, -0.25) is 9.59 Å². The minimum absolute atomic E-state index is 0.0737. The van der Waals surface area contributed by atoms with Gasteiger partial charge in [0, 0.05) is 34.3 Å². The molecule has 0 saturated carbocycles. The molecular formula is C19H36N2O9. The Morgan fingerprint density at radius 2 is 1.60 bits per heavy atom. The Morgan fingerprint density at radius 1 is 1.00 bits per heavy atom. The number of hydrogen-bond donors (Lipinski definition) is 3. The maximum absolute atomic E-state index is 12.4. The van der Waals surface area contributed by atoms with Gasteiger partial charge in [0.1, 0.15) is 17.2 Å². The van der Waals surface area contributed by atoms with E-state index in [2.05, 4.69) is 10.6 Å². The van der Waals surface area contributed by atoms with Crippen LogP contribution in [-0.2, 0) is 33.3 Å². The van der Waals surface area contributed by atoms with Crippen LogP contribution in [0, 0.1) is 0 Å². The third-order valence-electron chi connectivity index (χ3n) is 3.81. The molecule has 2 amide bonds. The van der Waals surface area contributed by atoms with Crippen molar-refractivity contribution in [1.29, 1.82) is 0 Å². The summed E-state index contributed by atoms with van der Waals surface area (Å²) in [4.78, 5) is 35.2. The van der Waals surface area contributed by atoms with Crippen LogP contribution in [0.3, 0.4) is 0 Å². The quantitative estimate of drug-likeness (QED) is 0.314. The number of rotatable bonds is 15. The van der Waals surface area contributed by atoms with Gasteiger partial charge >= 0.3 is 12.1 Å². The second-order valence-corrected chi connectivity index (χ2v) is 7.73. The summed E-state index contributed by atoms with van der Waals surface area (Å²) in [6.45, 7) is 6.08. The van der Waals surface area contributed by atoms with Gasteiger partial charge in [-0.15, -0.1) is 0 Å². The molecule has 176 valence electrons. The molecule has 11 nitrogen and oxygen atoms in total. The smallest absolute Gasteiger partial charge is 0.408 e. The Balaban J connectivity index is 4.62. The molecule has 0 aromatic heterocycles. The molecule has 0 aliphatic heterocycles. The van der Waals surface area contributed by atoms with E-state index in [-0.39, 0.29) is 45.8 Å². The number of nitrogens with one attached hydrogen (secondary N) is 2. The Hall–Kier alpha value is -1.95. The fourth-order valence-electron chi connectivity index (χ4n) is 2.44. The second-order valence-electron chi connectivity index (χ2n) is 7.73. The van der Waals surface area contributed by atoms with Crippen LogP contribution in [0.5, 0.6) is 0 Å². The van der Waals surface area contributed by atoms with Crippen molar-refractivity contribution in [3.63, 3.8) is 0 Å². The van der Waals surface area contributed by atoms with E-state index >= 15 is 0 Å². The fourth-order valence-corrected chi connectivity index (χ4v) is 2.44. The molecular weight excluding hydrogens is 400 g/mol. The fraction of sp³-hybridized carbons (Fsp3) is 0.842. The van der Waals surface area contributed by atoms with Crippen LogP contribution in [0.2, 0.25) is 0 Å². The first-order valence-electron chi connectivity index (χ1n) is 9.58. The van der Waals surface area contributed by atoms with Gasteiger partial charge in [-0.25, -0.2) is 4.79 Å². The second kappa shape index (κ2) is 14.1. The van der Waals surface area contributed by atoms with E-state index in [1.807, 2.05) is 0 Å². The molecule has 0 aliphatic rings. The van der Waals surface area contributed by atoms with E-state index in [4.69, 9.17) is 28.8 Å². The standard InChI is InChI=1S/C19H36N2O9/c1-18(2,3)30-17(25)21-14(7-8-15(22)23)16(24)20-9-10-29-13-19(28-6,11-26-4)12-27-5/h14H,7-13H2,1-6H3,(H,20,24)(H,21,25)(H,22,23).